The van der Waals surface area contributed by atoms with Crippen LogP contribution in [0, 0.1) is 0 Å². The summed E-state index contributed by atoms with van der Waals surface area (Å²) in [5.41, 5.74) is 0. The number of benzene rings is 1. The molecule has 0 atom stereocenters. The normalized spacial score (nSPS) is 16.2. The highest BCUT2D eigenvalue weighted by Gasteiger charge is 2.31. The van der Waals surface area contributed by atoms with Crippen LogP contribution in [0.5, 0.6) is 5.75 Å². The number of nitrogens with one attached hydrogen (secondary N) is 1. The van der Waals surface area contributed by atoms with Crippen molar-refractivity contribution in [2.45, 2.75) is 37.1 Å². The third-order valence-corrected chi connectivity index (χ3v) is 6.46. The van der Waals surface area contributed by atoms with E-state index in [9.17, 15) is 8.42 Å². The monoisotopic (exact) mass is 426 g/mol. The summed E-state index contributed by atoms with van der Waals surface area (Å²) in [6, 6.07) is 5.00. The molecule has 1 N–H and O–H groups in total. The first kappa shape index (κ1) is 20.7. The van der Waals surface area contributed by atoms with Crippen molar-refractivity contribution < 1.29 is 13.2 Å². The molecule has 0 amide bonds. The van der Waals surface area contributed by atoms with Crippen molar-refractivity contribution >= 4 is 38.4 Å². The van der Waals surface area contributed by atoms with E-state index in [1.807, 2.05) is 6.92 Å². The topological polar surface area (TPSA) is 58.6 Å². The lowest BCUT2D eigenvalue weighted by atomic mass is 10.1. The highest BCUT2D eigenvalue weighted by atomic mass is 79.9. The second kappa shape index (κ2) is 9.22. The Balaban J connectivity index is 0.00000264. The smallest absolute Gasteiger partial charge is 0.243 e. The summed E-state index contributed by atoms with van der Waals surface area (Å²) in [5, 5.41) is 3.28. The van der Waals surface area contributed by atoms with Gasteiger partial charge >= 0.3 is 0 Å². The Hall–Kier alpha value is -0.340. The molecule has 132 valence electrons. The second-order valence-electron chi connectivity index (χ2n) is 5.39. The Morgan fingerprint density at radius 1 is 1.35 bits per heavy atom. The molecule has 1 aliphatic heterocycles. The molecule has 23 heavy (non-hydrogen) atoms. The van der Waals surface area contributed by atoms with Crippen molar-refractivity contribution in [3.05, 3.63) is 22.7 Å². The lowest BCUT2D eigenvalue weighted by molar-refractivity contribution is 0.262. The molecule has 8 heteroatoms. The first-order chi connectivity index (χ1) is 10.5. The maximum atomic E-state index is 13.0. The summed E-state index contributed by atoms with van der Waals surface area (Å²) in [6.07, 6.45) is 2.52. The summed E-state index contributed by atoms with van der Waals surface area (Å²) in [7, 11) is -1.93. The van der Waals surface area contributed by atoms with Crippen LogP contribution in [-0.2, 0) is 10.0 Å². The van der Waals surface area contributed by atoms with Crippen LogP contribution < -0.4 is 10.1 Å². The van der Waals surface area contributed by atoms with E-state index >= 15 is 0 Å². The number of hydrogen-bond acceptors (Lipinski definition) is 4. The van der Waals surface area contributed by atoms with Crippen LogP contribution in [0.4, 0.5) is 0 Å². The summed E-state index contributed by atoms with van der Waals surface area (Å²) < 4.78 is 33.5. The summed E-state index contributed by atoms with van der Waals surface area (Å²) in [4.78, 5) is 0.312. The predicted molar refractivity (Wildman–Crippen MR) is 98.0 cm³/mol. The summed E-state index contributed by atoms with van der Waals surface area (Å²) in [5.74, 6) is 0.628. The molecule has 1 fully saturated rings. The summed E-state index contributed by atoms with van der Waals surface area (Å²) >= 11 is 3.37. The number of rotatable bonds is 6. The van der Waals surface area contributed by atoms with Crippen LogP contribution in [0.1, 0.15) is 26.2 Å². The third-order valence-electron chi connectivity index (χ3n) is 3.89. The Morgan fingerprint density at radius 3 is 2.52 bits per heavy atom. The number of sulfonamides is 1. The average molecular weight is 428 g/mol. The van der Waals surface area contributed by atoms with Crippen LogP contribution in [0.25, 0.3) is 0 Å². The largest absolute Gasteiger partial charge is 0.496 e. The molecule has 1 heterocycles. The number of piperidine rings is 1. The zero-order chi connectivity index (χ0) is 16.2. The van der Waals surface area contributed by atoms with Gasteiger partial charge in [-0.1, -0.05) is 6.92 Å². The van der Waals surface area contributed by atoms with Gasteiger partial charge in [0.25, 0.3) is 0 Å². The molecule has 0 radical (unpaired) electrons. The first-order valence-corrected chi connectivity index (χ1v) is 9.80. The van der Waals surface area contributed by atoms with E-state index in [-0.39, 0.29) is 18.4 Å². The lowest BCUT2D eigenvalue weighted by Crippen LogP contribution is -2.46. The van der Waals surface area contributed by atoms with Crippen LogP contribution >= 0.6 is 28.3 Å². The number of hydrogen-bond donors (Lipinski definition) is 1. The van der Waals surface area contributed by atoms with E-state index in [0.717, 1.165) is 32.4 Å². The maximum Gasteiger partial charge on any atom is 0.243 e. The molecule has 0 aromatic heterocycles. The fourth-order valence-corrected chi connectivity index (χ4v) is 5.25. The fourth-order valence-electron chi connectivity index (χ4n) is 2.76. The maximum absolute atomic E-state index is 13.0. The molecular formula is C15H24BrClN2O3S. The Bertz CT molecular complexity index is 607. The highest BCUT2D eigenvalue weighted by Crippen LogP contribution is 2.30. The molecule has 1 aromatic carbocycles. The second-order valence-corrected chi connectivity index (χ2v) is 8.14. The third kappa shape index (κ3) is 4.82. The van der Waals surface area contributed by atoms with E-state index < -0.39 is 10.0 Å². The van der Waals surface area contributed by atoms with Crippen LogP contribution in [0.3, 0.4) is 0 Å². The lowest BCUT2D eigenvalue weighted by Gasteiger charge is -2.33. The van der Waals surface area contributed by atoms with Gasteiger partial charge in [-0.2, -0.15) is 4.31 Å². The molecule has 5 nitrogen and oxygen atoms in total. The minimum Gasteiger partial charge on any atom is -0.496 e. The van der Waals surface area contributed by atoms with Crippen molar-refractivity contribution in [1.29, 1.82) is 0 Å². The Labute approximate surface area is 153 Å². The first-order valence-electron chi connectivity index (χ1n) is 7.56. The van der Waals surface area contributed by atoms with Gasteiger partial charge in [0.2, 0.25) is 10.0 Å². The highest BCUT2D eigenvalue weighted by molar-refractivity contribution is 9.10. The van der Waals surface area contributed by atoms with Gasteiger partial charge in [0, 0.05) is 12.6 Å². The van der Waals surface area contributed by atoms with Gasteiger partial charge in [-0.25, -0.2) is 8.42 Å². The number of methoxy groups -OCH3 is 1. The standard InChI is InChI=1S/C15H23BrN2O3S.ClH/c1-3-10-18(12-6-8-17-9-7-12)22(19,20)13-4-5-15(21-2)14(16)11-13;/h4-5,11-12,17H,3,6-10H2,1-2H3;1H. The summed E-state index contributed by atoms with van der Waals surface area (Å²) in [6.45, 7) is 4.30. The van der Waals surface area contributed by atoms with Crippen molar-refractivity contribution in [2.24, 2.45) is 0 Å². The fraction of sp³-hybridized carbons (Fsp3) is 0.600. The molecule has 1 aliphatic rings. The molecule has 0 bridgehead atoms. The van der Waals surface area contributed by atoms with Gasteiger partial charge in [-0.3, -0.25) is 0 Å². The van der Waals surface area contributed by atoms with E-state index in [1.165, 1.54) is 0 Å². The molecule has 1 saturated heterocycles. The average Bonchev–Trinajstić information content (AvgIpc) is 2.53. The van der Waals surface area contributed by atoms with Gasteiger partial charge in [0.15, 0.2) is 0 Å². The Morgan fingerprint density at radius 2 is 2.00 bits per heavy atom. The van der Waals surface area contributed by atoms with Gasteiger partial charge in [-0.15, -0.1) is 12.4 Å². The number of nitrogens with zero attached hydrogens (tertiary/aromatic N) is 1. The van der Waals surface area contributed by atoms with Gasteiger partial charge < -0.3 is 10.1 Å². The minimum atomic E-state index is -3.49. The molecule has 0 spiro atoms. The van der Waals surface area contributed by atoms with Gasteiger partial charge in [0.1, 0.15) is 5.75 Å². The van der Waals surface area contributed by atoms with Gasteiger partial charge in [0.05, 0.1) is 16.5 Å². The molecule has 0 saturated carbocycles. The minimum absolute atomic E-state index is 0. The molecular weight excluding hydrogens is 404 g/mol. The van der Waals surface area contributed by atoms with Crippen molar-refractivity contribution in [1.82, 2.24) is 9.62 Å². The number of halogens is 2. The van der Waals surface area contributed by atoms with E-state index in [1.54, 1.807) is 29.6 Å². The van der Waals surface area contributed by atoms with Crippen molar-refractivity contribution in [3.63, 3.8) is 0 Å². The van der Waals surface area contributed by atoms with E-state index in [4.69, 9.17) is 4.74 Å². The van der Waals surface area contributed by atoms with Crippen molar-refractivity contribution in [2.75, 3.05) is 26.7 Å². The molecule has 2 rings (SSSR count). The molecule has 0 unspecified atom stereocenters. The van der Waals surface area contributed by atoms with Gasteiger partial charge in [-0.05, 0) is 66.5 Å². The SMILES string of the molecule is CCCN(C1CCNCC1)S(=O)(=O)c1ccc(OC)c(Br)c1.Cl. The van der Waals surface area contributed by atoms with Crippen LogP contribution in [-0.4, -0.2) is 45.5 Å². The zero-order valence-electron chi connectivity index (χ0n) is 13.4. The predicted octanol–water partition coefficient (Wildman–Crippen LogP) is 3.03. The molecule has 0 aliphatic carbocycles. The Kier molecular flexibility index (Phi) is 8.30. The quantitative estimate of drug-likeness (QED) is 0.758. The van der Waals surface area contributed by atoms with E-state index in [0.29, 0.717) is 21.7 Å². The number of ether oxygens (including phenoxy) is 1. The van der Waals surface area contributed by atoms with Crippen molar-refractivity contribution in [3.8, 4) is 5.75 Å². The molecule has 1 aromatic rings. The van der Waals surface area contributed by atoms with Crippen LogP contribution in [0.15, 0.2) is 27.6 Å². The van der Waals surface area contributed by atoms with E-state index in [2.05, 4.69) is 21.2 Å². The van der Waals surface area contributed by atoms with Crippen LogP contribution in [0.2, 0.25) is 0 Å². The zero-order valence-corrected chi connectivity index (χ0v) is 16.6.